The van der Waals surface area contributed by atoms with E-state index in [9.17, 15) is 8.42 Å². The summed E-state index contributed by atoms with van der Waals surface area (Å²) in [4.78, 5) is 0.291. The maximum atomic E-state index is 11.4. The highest BCUT2D eigenvalue weighted by Crippen LogP contribution is 2.23. The Bertz CT molecular complexity index is 666. The molecule has 2 rings (SSSR count). The SMILES string of the molecule is CNCC(Oc1ccc(S(C)(=O)=O)cc1)c1ccccc1. The summed E-state index contributed by atoms with van der Waals surface area (Å²) in [6, 6.07) is 16.4. The van der Waals surface area contributed by atoms with Gasteiger partial charge in [0.05, 0.1) is 4.90 Å². The first-order chi connectivity index (χ1) is 10.0. The molecule has 2 aromatic carbocycles. The van der Waals surface area contributed by atoms with Gasteiger partial charge < -0.3 is 10.1 Å². The van der Waals surface area contributed by atoms with E-state index in [4.69, 9.17) is 4.74 Å². The Hall–Kier alpha value is -1.85. The normalized spacial score (nSPS) is 12.9. The van der Waals surface area contributed by atoms with E-state index in [0.29, 0.717) is 17.2 Å². The summed E-state index contributed by atoms with van der Waals surface area (Å²) in [5, 5.41) is 3.10. The number of sulfone groups is 1. The summed E-state index contributed by atoms with van der Waals surface area (Å²) in [7, 11) is -1.31. The molecule has 0 heterocycles. The number of hydrogen-bond acceptors (Lipinski definition) is 4. The molecule has 0 fully saturated rings. The number of rotatable bonds is 6. The van der Waals surface area contributed by atoms with Crippen molar-refractivity contribution in [1.29, 1.82) is 0 Å². The van der Waals surface area contributed by atoms with E-state index in [1.165, 1.54) is 6.26 Å². The Labute approximate surface area is 125 Å². The van der Waals surface area contributed by atoms with E-state index >= 15 is 0 Å². The van der Waals surface area contributed by atoms with Gasteiger partial charge in [0.15, 0.2) is 9.84 Å². The highest BCUT2D eigenvalue weighted by Gasteiger charge is 2.13. The Morgan fingerprint density at radius 3 is 2.19 bits per heavy atom. The minimum atomic E-state index is -3.18. The molecule has 0 aromatic heterocycles. The number of benzene rings is 2. The van der Waals surface area contributed by atoms with E-state index in [2.05, 4.69) is 5.32 Å². The first-order valence-corrected chi connectivity index (χ1v) is 8.56. The van der Waals surface area contributed by atoms with Gasteiger partial charge in [0.2, 0.25) is 0 Å². The molecule has 0 radical (unpaired) electrons. The highest BCUT2D eigenvalue weighted by molar-refractivity contribution is 7.90. The molecule has 0 aliphatic carbocycles. The highest BCUT2D eigenvalue weighted by atomic mass is 32.2. The van der Waals surface area contributed by atoms with E-state index in [1.54, 1.807) is 24.3 Å². The predicted molar refractivity (Wildman–Crippen MR) is 83.3 cm³/mol. The molecule has 4 nitrogen and oxygen atoms in total. The van der Waals surface area contributed by atoms with Crippen LogP contribution in [0, 0.1) is 0 Å². The van der Waals surface area contributed by atoms with E-state index in [1.807, 2.05) is 37.4 Å². The van der Waals surface area contributed by atoms with Crippen molar-refractivity contribution in [2.45, 2.75) is 11.0 Å². The lowest BCUT2D eigenvalue weighted by molar-refractivity contribution is 0.205. The Balaban J connectivity index is 2.18. The maximum absolute atomic E-state index is 11.4. The van der Waals surface area contributed by atoms with Crippen molar-refractivity contribution in [1.82, 2.24) is 5.32 Å². The molecular weight excluding hydrogens is 286 g/mol. The Morgan fingerprint density at radius 1 is 1.05 bits per heavy atom. The second-order valence-electron chi connectivity index (χ2n) is 4.82. The molecule has 0 saturated heterocycles. The van der Waals surface area contributed by atoms with Crippen LogP contribution in [0.2, 0.25) is 0 Å². The second kappa shape index (κ2) is 6.74. The van der Waals surface area contributed by atoms with Crippen LogP contribution < -0.4 is 10.1 Å². The molecule has 5 heteroatoms. The van der Waals surface area contributed by atoms with Crippen LogP contribution in [0.25, 0.3) is 0 Å². The second-order valence-corrected chi connectivity index (χ2v) is 6.83. The van der Waals surface area contributed by atoms with Crippen molar-refractivity contribution in [3.63, 3.8) is 0 Å². The van der Waals surface area contributed by atoms with Gasteiger partial charge in [0.25, 0.3) is 0 Å². The molecule has 0 aliphatic heterocycles. The fourth-order valence-corrected chi connectivity index (χ4v) is 2.64. The topological polar surface area (TPSA) is 55.4 Å². The van der Waals surface area contributed by atoms with Crippen LogP contribution in [-0.2, 0) is 9.84 Å². The van der Waals surface area contributed by atoms with Gasteiger partial charge in [-0.25, -0.2) is 8.42 Å². The van der Waals surface area contributed by atoms with Crippen LogP contribution in [0.1, 0.15) is 11.7 Å². The van der Waals surface area contributed by atoms with Gasteiger partial charge in [0, 0.05) is 12.8 Å². The summed E-state index contributed by atoms with van der Waals surface area (Å²) in [5.41, 5.74) is 1.07. The number of ether oxygens (including phenoxy) is 1. The standard InChI is InChI=1S/C16H19NO3S/c1-17-12-16(13-6-4-3-5-7-13)20-14-8-10-15(11-9-14)21(2,18)19/h3-11,16-17H,12H2,1-2H3. The summed E-state index contributed by atoms with van der Waals surface area (Å²) < 4.78 is 28.8. The molecule has 0 spiro atoms. The van der Waals surface area contributed by atoms with Gasteiger partial charge >= 0.3 is 0 Å². The third-order valence-electron chi connectivity index (χ3n) is 3.09. The van der Waals surface area contributed by atoms with Gasteiger partial charge in [0.1, 0.15) is 11.9 Å². The van der Waals surface area contributed by atoms with E-state index in [-0.39, 0.29) is 6.10 Å². The van der Waals surface area contributed by atoms with Gasteiger partial charge in [-0.2, -0.15) is 0 Å². The number of nitrogens with one attached hydrogen (secondary N) is 1. The van der Waals surface area contributed by atoms with Gasteiger partial charge in [-0.05, 0) is 36.9 Å². The molecule has 112 valence electrons. The van der Waals surface area contributed by atoms with Gasteiger partial charge in [-0.1, -0.05) is 30.3 Å². The first kappa shape index (κ1) is 15.5. The number of hydrogen-bond donors (Lipinski definition) is 1. The van der Waals surface area contributed by atoms with Crippen molar-refractivity contribution in [2.24, 2.45) is 0 Å². The Kier molecular flexibility index (Phi) is 4.98. The average Bonchev–Trinajstić information content (AvgIpc) is 2.47. The summed E-state index contributed by atoms with van der Waals surface area (Å²) in [5.74, 6) is 0.645. The maximum Gasteiger partial charge on any atom is 0.175 e. The molecule has 0 saturated carbocycles. The molecule has 1 atom stereocenters. The summed E-state index contributed by atoms with van der Waals surface area (Å²) in [6.45, 7) is 0.665. The van der Waals surface area contributed by atoms with Crippen LogP contribution in [0.3, 0.4) is 0 Å². The van der Waals surface area contributed by atoms with Gasteiger partial charge in [-0.3, -0.25) is 0 Å². The molecular formula is C16H19NO3S. The molecule has 0 bridgehead atoms. The lowest BCUT2D eigenvalue weighted by Crippen LogP contribution is -2.21. The minimum Gasteiger partial charge on any atom is -0.484 e. The average molecular weight is 305 g/mol. The lowest BCUT2D eigenvalue weighted by Gasteiger charge is -2.19. The third kappa shape index (κ3) is 4.31. The van der Waals surface area contributed by atoms with Crippen molar-refractivity contribution < 1.29 is 13.2 Å². The van der Waals surface area contributed by atoms with Crippen LogP contribution in [-0.4, -0.2) is 28.3 Å². The summed E-state index contributed by atoms with van der Waals surface area (Å²) in [6.07, 6.45) is 1.07. The molecule has 21 heavy (non-hydrogen) atoms. The summed E-state index contributed by atoms with van der Waals surface area (Å²) >= 11 is 0. The third-order valence-corrected chi connectivity index (χ3v) is 4.22. The molecule has 0 amide bonds. The monoisotopic (exact) mass is 305 g/mol. The van der Waals surface area contributed by atoms with Crippen LogP contribution in [0.4, 0.5) is 0 Å². The van der Waals surface area contributed by atoms with Crippen molar-refractivity contribution in [3.8, 4) is 5.75 Å². The molecule has 2 aromatic rings. The number of likely N-dealkylation sites (N-methyl/N-ethyl adjacent to an activating group) is 1. The van der Waals surface area contributed by atoms with E-state index < -0.39 is 9.84 Å². The smallest absolute Gasteiger partial charge is 0.175 e. The van der Waals surface area contributed by atoms with Crippen LogP contribution >= 0.6 is 0 Å². The largest absolute Gasteiger partial charge is 0.484 e. The lowest BCUT2D eigenvalue weighted by atomic mass is 10.1. The van der Waals surface area contributed by atoms with Crippen molar-refractivity contribution in [3.05, 3.63) is 60.2 Å². The van der Waals surface area contributed by atoms with E-state index in [0.717, 1.165) is 5.56 Å². The molecule has 1 N–H and O–H groups in total. The van der Waals surface area contributed by atoms with Crippen molar-refractivity contribution >= 4 is 9.84 Å². The fourth-order valence-electron chi connectivity index (χ4n) is 2.01. The quantitative estimate of drug-likeness (QED) is 0.890. The Morgan fingerprint density at radius 2 is 1.67 bits per heavy atom. The predicted octanol–water partition coefficient (Wildman–Crippen LogP) is 2.43. The van der Waals surface area contributed by atoms with Crippen molar-refractivity contribution in [2.75, 3.05) is 19.8 Å². The van der Waals surface area contributed by atoms with Crippen LogP contribution in [0.15, 0.2) is 59.5 Å². The first-order valence-electron chi connectivity index (χ1n) is 6.67. The zero-order valence-corrected chi connectivity index (χ0v) is 12.9. The molecule has 1 unspecified atom stereocenters. The van der Waals surface area contributed by atoms with Crippen LogP contribution in [0.5, 0.6) is 5.75 Å². The molecule has 0 aliphatic rings. The minimum absolute atomic E-state index is 0.125. The van der Waals surface area contributed by atoms with Gasteiger partial charge in [-0.15, -0.1) is 0 Å². The zero-order valence-electron chi connectivity index (χ0n) is 12.1. The fraction of sp³-hybridized carbons (Fsp3) is 0.250. The zero-order chi connectivity index (χ0) is 15.3.